The van der Waals surface area contributed by atoms with Crippen molar-refractivity contribution in [2.75, 3.05) is 13.1 Å². The van der Waals surface area contributed by atoms with Crippen LogP contribution in [0.2, 0.25) is 0 Å². The van der Waals surface area contributed by atoms with Gasteiger partial charge in [-0.3, -0.25) is 9.88 Å². The molecule has 1 fully saturated rings. The SMILES string of the molecule is CCCC1(N)CN(Cc2cc(C)nc3ccccc23)C1. The molecule has 0 unspecified atom stereocenters. The lowest BCUT2D eigenvalue weighted by molar-refractivity contribution is 0.0571. The molecule has 3 heteroatoms. The van der Waals surface area contributed by atoms with Crippen molar-refractivity contribution in [3.63, 3.8) is 0 Å². The molecule has 0 saturated carbocycles. The third-order valence-electron chi connectivity index (χ3n) is 4.15. The first-order chi connectivity index (χ1) is 9.59. The van der Waals surface area contributed by atoms with Crippen LogP contribution in [0.4, 0.5) is 0 Å². The molecule has 0 spiro atoms. The molecule has 3 nitrogen and oxygen atoms in total. The monoisotopic (exact) mass is 269 g/mol. The summed E-state index contributed by atoms with van der Waals surface area (Å²) in [4.78, 5) is 7.04. The summed E-state index contributed by atoms with van der Waals surface area (Å²) in [5.41, 5.74) is 9.94. The Morgan fingerprint density at radius 1 is 1.30 bits per heavy atom. The standard InChI is InChI=1S/C17H23N3/c1-3-8-17(18)11-20(12-17)10-14-9-13(2)19-16-7-5-4-6-15(14)16/h4-7,9H,3,8,10-12,18H2,1-2H3. The molecular weight excluding hydrogens is 246 g/mol. The van der Waals surface area contributed by atoms with Gasteiger partial charge in [-0.05, 0) is 31.0 Å². The van der Waals surface area contributed by atoms with Gasteiger partial charge in [0.25, 0.3) is 0 Å². The number of para-hydroxylation sites is 1. The topological polar surface area (TPSA) is 42.1 Å². The van der Waals surface area contributed by atoms with Gasteiger partial charge in [0.05, 0.1) is 5.52 Å². The van der Waals surface area contributed by atoms with E-state index in [1.54, 1.807) is 0 Å². The van der Waals surface area contributed by atoms with E-state index in [0.29, 0.717) is 0 Å². The fraction of sp³-hybridized carbons (Fsp3) is 0.471. The van der Waals surface area contributed by atoms with E-state index in [1.165, 1.54) is 17.4 Å². The highest BCUT2D eigenvalue weighted by Gasteiger charge is 2.38. The van der Waals surface area contributed by atoms with Crippen LogP contribution in [0.15, 0.2) is 30.3 Å². The van der Waals surface area contributed by atoms with E-state index < -0.39 is 0 Å². The fourth-order valence-electron chi connectivity index (χ4n) is 3.38. The summed E-state index contributed by atoms with van der Waals surface area (Å²) in [6.45, 7) is 7.27. The van der Waals surface area contributed by atoms with E-state index >= 15 is 0 Å². The van der Waals surface area contributed by atoms with Crippen LogP contribution in [0.3, 0.4) is 0 Å². The maximum absolute atomic E-state index is 6.35. The van der Waals surface area contributed by atoms with E-state index in [2.05, 4.69) is 48.0 Å². The molecule has 2 N–H and O–H groups in total. The molecule has 2 aromatic rings. The molecule has 3 rings (SSSR count). The van der Waals surface area contributed by atoms with Crippen LogP contribution in [0.5, 0.6) is 0 Å². The Bertz CT molecular complexity index is 615. The molecule has 0 amide bonds. The average Bonchev–Trinajstić information content (AvgIpc) is 2.37. The van der Waals surface area contributed by atoms with Gasteiger partial charge in [0.1, 0.15) is 0 Å². The van der Waals surface area contributed by atoms with Gasteiger partial charge in [-0.25, -0.2) is 0 Å². The quantitative estimate of drug-likeness (QED) is 0.928. The maximum Gasteiger partial charge on any atom is 0.0708 e. The van der Waals surface area contributed by atoms with Crippen LogP contribution in [0.25, 0.3) is 10.9 Å². The Kier molecular flexibility index (Phi) is 3.48. The molecule has 1 aromatic carbocycles. The zero-order valence-corrected chi connectivity index (χ0v) is 12.4. The normalized spacial score (nSPS) is 18.1. The molecule has 106 valence electrons. The predicted octanol–water partition coefficient (Wildman–Crippen LogP) is 2.86. The first-order valence-corrected chi connectivity index (χ1v) is 7.46. The van der Waals surface area contributed by atoms with Crippen molar-refractivity contribution in [2.24, 2.45) is 5.73 Å². The second-order valence-electron chi connectivity index (χ2n) is 6.20. The molecular formula is C17H23N3. The third-order valence-corrected chi connectivity index (χ3v) is 4.15. The van der Waals surface area contributed by atoms with Crippen LogP contribution < -0.4 is 5.73 Å². The van der Waals surface area contributed by atoms with Crippen LogP contribution in [0, 0.1) is 6.92 Å². The zero-order valence-electron chi connectivity index (χ0n) is 12.4. The van der Waals surface area contributed by atoms with Gasteiger partial charge in [0.2, 0.25) is 0 Å². The summed E-state index contributed by atoms with van der Waals surface area (Å²) >= 11 is 0. The molecule has 1 aliphatic rings. The highest BCUT2D eigenvalue weighted by molar-refractivity contribution is 5.82. The van der Waals surface area contributed by atoms with Crippen molar-refractivity contribution >= 4 is 10.9 Å². The minimum Gasteiger partial charge on any atom is -0.323 e. The number of benzene rings is 1. The number of aromatic nitrogens is 1. The molecule has 2 heterocycles. The zero-order chi connectivity index (χ0) is 14.2. The van der Waals surface area contributed by atoms with Gasteiger partial charge >= 0.3 is 0 Å². The first-order valence-electron chi connectivity index (χ1n) is 7.46. The van der Waals surface area contributed by atoms with E-state index in [9.17, 15) is 0 Å². The minimum atomic E-state index is 0.0482. The van der Waals surface area contributed by atoms with Gasteiger partial charge in [-0.2, -0.15) is 0 Å². The molecule has 0 atom stereocenters. The number of fused-ring (bicyclic) bond motifs is 1. The van der Waals surface area contributed by atoms with Crippen LogP contribution in [-0.2, 0) is 6.54 Å². The summed E-state index contributed by atoms with van der Waals surface area (Å²) in [5.74, 6) is 0. The van der Waals surface area contributed by atoms with Crippen molar-refractivity contribution < 1.29 is 0 Å². The largest absolute Gasteiger partial charge is 0.323 e. The number of nitrogens with zero attached hydrogens (tertiary/aromatic N) is 2. The molecule has 1 aliphatic heterocycles. The van der Waals surface area contributed by atoms with Gasteiger partial charge in [-0.1, -0.05) is 31.5 Å². The molecule has 0 radical (unpaired) electrons. The molecule has 20 heavy (non-hydrogen) atoms. The molecule has 0 bridgehead atoms. The van der Waals surface area contributed by atoms with Crippen molar-refractivity contribution in [1.29, 1.82) is 0 Å². The molecule has 0 aliphatic carbocycles. The summed E-state index contributed by atoms with van der Waals surface area (Å²) in [5, 5.41) is 1.27. The van der Waals surface area contributed by atoms with Crippen molar-refractivity contribution in [3.8, 4) is 0 Å². The Labute approximate surface area is 120 Å². The number of nitrogens with two attached hydrogens (primary N) is 1. The van der Waals surface area contributed by atoms with Crippen molar-refractivity contribution in [1.82, 2.24) is 9.88 Å². The summed E-state index contributed by atoms with van der Waals surface area (Å²) in [6, 6.07) is 10.6. The summed E-state index contributed by atoms with van der Waals surface area (Å²) in [6.07, 6.45) is 2.29. The van der Waals surface area contributed by atoms with Gasteiger partial charge in [0, 0.05) is 36.3 Å². The average molecular weight is 269 g/mol. The van der Waals surface area contributed by atoms with Gasteiger partial charge in [0.15, 0.2) is 0 Å². The molecule has 1 aromatic heterocycles. The Morgan fingerprint density at radius 3 is 2.80 bits per heavy atom. The number of hydrogen-bond acceptors (Lipinski definition) is 3. The number of pyridine rings is 1. The number of likely N-dealkylation sites (tertiary alicyclic amines) is 1. The van der Waals surface area contributed by atoms with Crippen molar-refractivity contribution in [3.05, 3.63) is 41.6 Å². The second-order valence-corrected chi connectivity index (χ2v) is 6.20. The summed E-state index contributed by atoms with van der Waals surface area (Å²) in [7, 11) is 0. The van der Waals surface area contributed by atoms with Gasteiger partial charge < -0.3 is 5.73 Å². The van der Waals surface area contributed by atoms with E-state index in [0.717, 1.165) is 37.3 Å². The number of rotatable bonds is 4. The van der Waals surface area contributed by atoms with E-state index in [1.807, 2.05) is 6.07 Å². The third kappa shape index (κ3) is 2.56. The first kappa shape index (κ1) is 13.5. The predicted molar refractivity (Wildman–Crippen MR) is 83.6 cm³/mol. The Balaban J connectivity index is 1.79. The minimum absolute atomic E-state index is 0.0482. The second kappa shape index (κ2) is 5.15. The molecule has 1 saturated heterocycles. The summed E-state index contributed by atoms with van der Waals surface area (Å²) < 4.78 is 0. The lowest BCUT2D eigenvalue weighted by Gasteiger charge is -2.48. The smallest absolute Gasteiger partial charge is 0.0708 e. The van der Waals surface area contributed by atoms with Crippen LogP contribution in [0.1, 0.15) is 31.0 Å². The lowest BCUT2D eigenvalue weighted by atomic mass is 9.86. The number of hydrogen-bond donors (Lipinski definition) is 1. The van der Waals surface area contributed by atoms with Crippen molar-refractivity contribution in [2.45, 2.75) is 38.8 Å². The Hall–Kier alpha value is -1.45. The van der Waals surface area contributed by atoms with Crippen LogP contribution >= 0.6 is 0 Å². The van der Waals surface area contributed by atoms with Gasteiger partial charge in [-0.15, -0.1) is 0 Å². The van der Waals surface area contributed by atoms with E-state index in [4.69, 9.17) is 5.73 Å². The Morgan fingerprint density at radius 2 is 2.05 bits per heavy atom. The lowest BCUT2D eigenvalue weighted by Crippen LogP contribution is -2.66. The highest BCUT2D eigenvalue weighted by Crippen LogP contribution is 2.27. The maximum atomic E-state index is 6.35. The highest BCUT2D eigenvalue weighted by atomic mass is 15.2. The van der Waals surface area contributed by atoms with E-state index in [-0.39, 0.29) is 5.54 Å². The fourth-order valence-corrected chi connectivity index (χ4v) is 3.38. The number of aryl methyl sites for hydroxylation is 1. The van der Waals surface area contributed by atoms with Crippen LogP contribution in [-0.4, -0.2) is 28.5 Å².